The first-order valence-electron chi connectivity index (χ1n) is 6.68. The monoisotopic (exact) mass is 240 g/mol. The summed E-state index contributed by atoms with van der Waals surface area (Å²) in [5.41, 5.74) is 0. The van der Waals surface area contributed by atoms with Gasteiger partial charge in [0.1, 0.15) is 0 Å². The van der Waals surface area contributed by atoms with E-state index in [-0.39, 0.29) is 17.9 Å². The molecule has 4 nitrogen and oxygen atoms in total. The SMILES string of the molecule is COC(=O)C(C)C(C)NC1CN2CCC1CC2. The lowest BCUT2D eigenvalue weighted by Gasteiger charge is -2.46. The maximum absolute atomic E-state index is 11.5. The van der Waals surface area contributed by atoms with Crippen molar-refractivity contribution in [2.75, 3.05) is 26.7 Å². The summed E-state index contributed by atoms with van der Waals surface area (Å²) in [6.07, 6.45) is 2.61. The Balaban J connectivity index is 1.86. The third kappa shape index (κ3) is 2.80. The Kier molecular flexibility index (Phi) is 4.05. The molecule has 0 saturated carbocycles. The minimum Gasteiger partial charge on any atom is -0.469 e. The zero-order valence-electron chi connectivity index (χ0n) is 11.1. The highest BCUT2D eigenvalue weighted by atomic mass is 16.5. The molecule has 0 aromatic heterocycles. The zero-order valence-corrected chi connectivity index (χ0v) is 11.1. The van der Waals surface area contributed by atoms with Gasteiger partial charge in [-0.15, -0.1) is 0 Å². The van der Waals surface area contributed by atoms with Crippen molar-refractivity contribution in [3.8, 4) is 0 Å². The molecule has 0 aromatic rings. The number of rotatable bonds is 4. The molecule has 17 heavy (non-hydrogen) atoms. The maximum Gasteiger partial charge on any atom is 0.309 e. The molecule has 0 spiro atoms. The van der Waals surface area contributed by atoms with Crippen LogP contribution in [-0.4, -0.2) is 49.7 Å². The average Bonchev–Trinajstić information content (AvgIpc) is 2.38. The lowest BCUT2D eigenvalue weighted by Crippen LogP contribution is -2.58. The molecule has 0 radical (unpaired) electrons. The van der Waals surface area contributed by atoms with Crippen LogP contribution in [0.25, 0.3) is 0 Å². The predicted molar refractivity (Wildman–Crippen MR) is 66.7 cm³/mol. The summed E-state index contributed by atoms with van der Waals surface area (Å²) >= 11 is 0. The number of methoxy groups -OCH3 is 1. The molecule has 3 rings (SSSR count). The van der Waals surface area contributed by atoms with Gasteiger partial charge in [-0.1, -0.05) is 6.92 Å². The van der Waals surface area contributed by atoms with Gasteiger partial charge in [-0.05, 0) is 38.8 Å². The van der Waals surface area contributed by atoms with E-state index < -0.39 is 0 Å². The molecule has 0 amide bonds. The lowest BCUT2D eigenvalue weighted by molar-refractivity contribution is -0.145. The molecule has 4 heteroatoms. The molecule has 0 aromatic carbocycles. The zero-order chi connectivity index (χ0) is 12.4. The minimum absolute atomic E-state index is 0.0737. The summed E-state index contributed by atoms with van der Waals surface area (Å²) in [6.45, 7) is 7.67. The largest absolute Gasteiger partial charge is 0.469 e. The molecular formula is C13H24N2O2. The molecule has 2 bridgehead atoms. The van der Waals surface area contributed by atoms with E-state index in [1.165, 1.54) is 33.0 Å². The van der Waals surface area contributed by atoms with E-state index in [1.807, 2.05) is 6.92 Å². The van der Waals surface area contributed by atoms with Crippen molar-refractivity contribution in [2.24, 2.45) is 11.8 Å². The Morgan fingerprint density at radius 2 is 2.00 bits per heavy atom. The first kappa shape index (κ1) is 12.8. The summed E-state index contributed by atoms with van der Waals surface area (Å²) in [4.78, 5) is 14.0. The van der Waals surface area contributed by atoms with Crippen LogP contribution in [0.2, 0.25) is 0 Å². The van der Waals surface area contributed by atoms with Crippen LogP contribution in [0.5, 0.6) is 0 Å². The van der Waals surface area contributed by atoms with Gasteiger partial charge in [0, 0.05) is 18.6 Å². The van der Waals surface area contributed by atoms with E-state index >= 15 is 0 Å². The van der Waals surface area contributed by atoms with Crippen molar-refractivity contribution in [3.63, 3.8) is 0 Å². The number of nitrogens with zero attached hydrogens (tertiary/aromatic N) is 1. The number of carbonyl (C=O) groups is 1. The summed E-state index contributed by atoms with van der Waals surface area (Å²) in [5.74, 6) is 0.606. The molecule has 3 heterocycles. The highest BCUT2D eigenvalue weighted by molar-refractivity contribution is 5.72. The van der Waals surface area contributed by atoms with Crippen LogP contribution in [0, 0.1) is 11.8 Å². The number of hydrogen-bond acceptors (Lipinski definition) is 4. The molecule has 3 saturated heterocycles. The smallest absolute Gasteiger partial charge is 0.309 e. The Morgan fingerprint density at radius 1 is 1.35 bits per heavy atom. The Bertz CT molecular complexity index is 275. The summed E-state index contributed by atoms with van der Waals surface area (Å²) < 4.78 is 4.79. The van der Waals surface area contributed by atoms with Crippen LogP contribution in [-0.2, 0) is 9.53 Å². The van der Waals surface area contributed by atoms with Gasteiger partial charge in [-0.3, -0.25) is 4.79 Å². The molecule has 3 aliphatic heterocycles. The number of piperidine rings is 3. The fourth-order valence-corrected chi connectivity index (χ4v) is 3.03. The fourth-order valence-electron chi connectivity index (χ4n) is 3.03. The number of carbonyl (C=O) groups excluding carboxylic acids is 1. The van der Waals surface area contributed by atoms with Crippen molar-refractivity contribution >= 4 is 5.97 Å². The van der Waals surface area contributed by atoms with E-state index in [9.17, 15) is 4.79 Å². The maximum atomic E-state index is 11.5. The number of fused-ring (bicyclic) bond motifs is 3. The topological polar surface area (TPSA) is 41.6 Å². The van der Waals surface area contributed by atoms with Crippen LogP contribution in [0.1, 0.15) is 26.7 Å². The minimum atomic E-state index is -0.119. The van der Waals surface area contributed by atoms with E-state index in [4.69, 9.17) is 4.74 Å². The lowest BCUT2D eigenvalue weighted by atomic mass is 9.83. The van der Waals surface area contributed by atoms with Gasteiger partial charge in [0.2, 0.25) is 0 Å². The first-order valence-corrected chi connectivity index (χ1v) is 6.68. The quantitative estimate of drug-likeness (QED) is 0.740. The van der Waals surface area contributed by atoms with Crippen LogP contribution in [0.3, 0.4) is 0 Å². The second kappa shape index (κ2) is 5.36. The highest BCUT2D eigenvalue weighted by Crippen LogP contribution is 2.28. The Hall–Kier alpha value is -0.610. The second-order valence-electron chi connectivity index (χ2n) is 5.51. The molecule has 3 aliphatic rings. The van der Waals surface area contributed by atoms with E-state index in [2.05, 4.69) is 17.1 Å². The van der Waals surface area contributed by atoms with Crippen LogP contribution in [0.4, 0.5) is 0 Å². The molecule has 98 valence electrons. The number of nitrogens with one attached hydrogen (secondary N) is 1. The fraction of sp³-hybridized carbons (Fsp3) is 0.923. The molecule has 0 aliphatic carbocycles. The van der Waals surface area contributed by atoms with Crippen molar-refractivity contribution < 1.29 is 9.53 Å². The normalized spacial score (nSPS) is 35.4. The van der Waals surface area contributed by atoms with Crippen molar-refractivity contribution in [1.29, 1.82) is 0 Å². The van der Waals surface area contributed by atoms with E-state index in [1.54, 1.807) is 0 Å². The average molecular weight is 240 g/mol. The number of esters is 1. The third-order valence-electron chi connectivity index (χ3n) is 4.46. The Morgan fingerprint density at radius 3 is 2.47 bits per heavy atom. The number of ether oxygens (including phenoxy) is 1. The van der Waals surface area contributed by atoms with Gasteiger partial charge < -0.3 is 15.0 Å². The van der Waals surface area contributed by atoms with E-state index in [0.717, 1.165) is 12.5 Å². The van der Waals surface area contributed by atoms with Gasteiger partial charge >= 0.3 is 5.97 Å². The molecule has 3 unspecified atom stereocenters. The summed E-state index contributed by atoms with van der Waals surface area (Å²) in [6, 6.07) is 0.743. The van der Waals surface area contributed by atoms with Crippen molar-refractivity contribution in [3.05, 3.63) is 0 Å². The van der Waals surface area contributed by atoms with Crippen molar-refractivity contribution in [2.45, 2.75) is 38.8 Å². The molecule has 1 N–H and O–H groups in total. The van der Waals surface area contributed by atoms with Gasteiger partial charge in [0.15, 0.2) is 0 Å². The predicted octanol–water partition coefficient (Wildman–Crippen LogP) is 0.868. The molecule has 3 fully saturated rings. The highest BCUT2D eigenvalue weighted by Gasteiger charge is 2.35. The standard InChI is InChI=1S/C13H24N2O2/c1-9(13(16)17-3)10(2)14-12-8-15-6-4-11(12)5-7-15/h9-12,14H,4-8H2,1-3H3. The second-order valence-corrected chi connectivity index (χ2v) is 5.51. The van der Waals surface area contributed by atoms with Crippen LogP contribution in [0.15, 0.2) is 0 Å². The number of hydrogen-bond donors (Lipinski definition) is 1. The van der Waals surface area contributed by atoms with Gasteiger partial charge in [0.25, 0.3) is 0 Å². The summed E-state index contributed by atoms with van der Waals surface area (Å²) in [7, 11) is 1.46. The Labute approximate surface area is 104 Å². The van der Waals surface area contributed by atoms with Gasteiger partial charge in [-0.25, -0.2) is 0 Å². The third-order valence-corrected chi connectivity index (χ3v) is 4.46. The molecular weight excluding hydrogens is 216 g/mol. The van der Waals surface area contributed by atoms with Gasteiger partial charge in [0.05, 0.1) is 13.0 Å². The van der Waals surface area contributed by atoms with Crippen LogP contribution >= 0.6 is 0 Å². The van der Waals surface area contributed by atoms with Crippen molar-refractivity contribution in [1.82, 2.24) is 10.2 Å². The van der Waals surface area contributed by atoms with Gasteiger partial charge in [-0.2, -0.15) is 0 Å². The van der Waals surface area contributed by atoms with E-state index in [0.29, 0.717) is 6.04 Å². The first-order chi connectivity index (χ1) is 8.11. The van der Waals surface area contributed by atoms with Crippen LogP contribution < -0.4 is 5.32 Å². The summed E-state index contributed by atoms with van der Waals surface area (Å²) in [5, 5.41) is 3.62. The molecule has 3 atom stereocenters.